The third kappa shape index (κ3) is 4.25. The lowest BCUT2D eigenvalue weighted by molar-refractivity contribution is 0.118. The van der Waals surface area contributed by atoms with E-state index in [1.54, 1.807) is 13.4 Å². The molecule has 2 atom stereocenters. The van der Waals surface area contributed by atoms with Gasteiger partial charge in [0.05, 0.1) is 6.10 Å². The first-order valence-electron chi connectivity index (χ1n) is 9.91. The van der Waals surface area contributed by atoms with Crippen molar-refractivity contribution in [1.82, 2.24) is 9.97 Å². The maximum absolute atomic E-state index is 13.1. The summed E-state index contributed by atoms with van der Waals surface area (Å²) >= 11 is 0. The van der Waals surface area contributed by atoms with Gasteiger partial charge in [0, 0.05) is 38.9 Å². The standard InChI is InChI=1S/C21H28FN5O/c1-28-18-8-17(11-23)27(12-18)20-9-19(25-14-26-20)24-13-21(6-7-21)10-15-2-4-16(22)5-3-15/h2-5,9,14,17-18H,6-8,10-13,23H2,1H3,(H,24,25,26)/t17-,18-/m0/s1. The predicted octanol–water partition coefficient (Wildman–Crippen LogP) is 2.60. The summed E-state index contributed by atoms with van der Waals surface area (Å²) in [5.74, 6) is 1.52. The second-order valence-electron chi connectivity index (χ2n) is 8.05. The summed E-state index contributed by atoms with van der Waals surface area (Å²) in [5, 5.41) is 3.49. The molecule has 0 radical (unpaired) electrons. The van der Waals surface area contributed by atoms with E-state index in [9.17, 15) is 4.39 Å². The quantitative estimate of drug-likeness (QED) is 0.727. The van der Waals surface area contributed by atoms with E-state index in [1.807, 2.05) is 18.2 Å². The van der Waals surface area contributed by atoms with E-state index in [4.69, 9.17) is 10.5 Å². The van der Waals surface area contributed by atoms with Crippen LogP contribution < -0.4 is 16.0 Å². The highest BCUT2D eigenvalue weighted by molar-refractivity contribution is 5.50. The lowest BCUT2D eigenvalue weighted by Gasteiger charge is -2.24. The molecule has 3 N–H and O–H groups in total. The molecule has 1 aromatic heterocycles. The zero-order valence-corrected chi connectivity index (χ0v) is 16.3. The summed E-state index contributed by atoms with van der Waals surface area (Å²) in [6.07, 6.45) is 6.00. The number of halogens is 1. The van der Waals surface area contributed by atoms with Crippen LogP contribution in [0.15, 0.2) is 36.7 Å². The smallest absolute Gasteiger partial charge is 0.134 e. The Morgan fingerprint density at radius 1 is 1.29 bits per heavy atom. The maximum Gasteiger partial charge on any atom is 0.134 e. The third-order valence-corrected chi connectivity index (χ3v) is 6.02. The molecule has 0 bridgehead atoms. The molecule has 0 spiro atoms. The second kappa shape index (κ2) is 8.01. The van der Waals surface area contributed by atoms with Crippen LogP contribution in [0, 0.1) is 11.2 Å². The Kier molecular flexibility index (Phi) is 5.46. The Hall–Kier alpha value is -2.25. The number of aromatic nitrogens is 2. The number of hydrogen-bond donors (Lipinski definition) is 2. The fourth-order valence-corrected chi connectivity index (χ4v) is 4.06. The van der Waals surface area contributed by atoms with Crippen molar-refractivity contribution in [2.24, 2.45) is 11.1 Å². The maximum atomic E-state index is 13.1. The monoisotopic (exact) mass is 385 g/mol. The van der Waals surface area contributed by atoms with Gasteiger partial charge in [0.1, 0.15) is 23.8 Å². The number of anilines is 2. The van der Waals surface area contributed by atoms with Crippen molar-refractivity contribution in [2.75, 3.05) is 37.0 Å². The predicted molar refractivity (Wildman–Crippen MR) is 108 cm³/mol. The van der Waals surface area contributed by atoms with Crippen LogP contribution in [-0.2, 0) is 11.2 Å². The molecule has 2 heterocycles. The lowest BCUT2D eigenvalue weighted by Crippen LogP contribution is -2.36. The molecule has 1 aliphatic heterocycles. The molecule has 4 rings (SSSR count). The van der Waals surface area contributed by atoms with Crippen LogP contribution >= 0.6 is 0 Å². The Morgan fingerprint density at radius 2 is 2.07 bits per heavy atom. The minimum atomic E-state index is -0.186. The van der Waals surface area contributed by atoms with Crippen molar-refractivity contribution in [3.63, 3.8) is 0 Å². The first-order chi connectivity index (χ1) is 13.6. The summed E-state index contributed by atoms with van der Waals surface area (Å²) in [6.45, 7) is 2.22. The molecule has 150 valence electrons. The number of nitrogens with one attached hydrogen (secondary N) is 1. The van der Waals surface area contributed by atoms with E-state index >= 15 is 0 Å². The Labute approximate surface area is 165 Å². The van der Waals surface area contributed by atoms with Crippen molar-refractivity contribution in [1.29, 1.82) is 0 Å². The molecule has 1 aromatic carbocycles. The fourth-order valence-electron chi connectivity index (χ4n) is 4.06. The van der Waals surface area contributed by atoms with E-state index in [1.165, 1.54) is 30.5 Å². The zero-order valence-electron chi connectivity index (χ0n) is 16.3. The van der Waals surface area contributed by atoms with Crippen LogP contribution in [0.1, 0.15) is 24.8 Å². The molecule has 1 saturated heterocycles. The molecule has 2 aliphatic rings. The second-order valence-corrected chi connectivity index (χ2v) is 8.05. The van der Waals surface area contributed by atoms with Crippen molar-refractivity contribution in [3.8, 4) is 0 Å². The lowest BCUT2D eigenvalue weighted by atomic mass is 9.96. The van der Waals surface area contributed by atoms with Crippen LogP contribution in [0.2, 0.25) is 0 Å². The molecular formula is C21H28FN5O. The van der Waals surface area contributed by atoms with Crippen molar-refractivity contribution >= 4 is 11.6 Å². The molecule has 6 nitrogen and oxygen atoms in total. The van der Waals surface area contributed by atoms with Crippen molar-refractivity contribution in [3.05, 3.63) is 48.0 Å². The minimum Gasteiger partial charge on any atom is -0.380 e. The summed E-state index contributed by atoms with van der Waals surface area (Å²) in [7, 11) is 1.74. The summed E-state index contributed by atoms with van der Waals surface area (Å²) in [5.41, 5.74) is 7.36. The Bertz CT molecular complexity index is 796. The normalized spacial score (nSPS) is 23.0. The minimum absolute atomic E-state index is 0.186. The van der Waals surface area contributed by atoms with Gasteiger partial charge >= 0.3 is 0 Å². The van der Waals surface area contributed by atoms with Crippen LogP contribution in [0.25, 0.3) is 0 Å². The van der Waals surface area contributed by atoms with Gasteiger partial charge in [-0.3, -0.25) is 0 Å². The third-order valence-electron chi connectivity index (χ3n) is 6.02. The summed E-state index contributed by atoms with van der Waals surface area (Å²) < 4.78 is 18.6. The Morgan fingerprint density at radius 3 is 2.75 bits per heavy atom. The van der Waals surface area contributed by atoms with Gasteiger partial charge in [-0.1, -0.05) is 12.1 Å². The summed E-state index contributed by atoms with van der Waals surface area (Å²) in [6, 6.07) is 9.06. The van der Waals surface area contributed by atoms with Crippen molar-refractivity contribution < 1.29 is 9.13 Å². The Balaban J connectivity index is 1.39. The van der Waals surface area contributed by atoms with Crippen LogP contribution in [0.5, 0.6) is 0 Å². The van der Waals surface area contributed by atoms with Crippen LogP contribution in [0.4, 0.5) is 16.0 Å². The number of nitrogens with two attached hydrogens (primary N) is 1. The molecule has 0 amide bonds. The van der Waals surface area contributed by atoms with E-state index in [2.05, 4.69) is 20.2 Å². The van der Waals surface area contributed by atoms with Gasteiger partial charge in [0.15, 0.2) is 0 Å². The van der Waals surface area contributed by atoms with E-state index in [0.717, 1.165) is 37.6 Å². The van der Waals surface area contributed by atoms with Gasteiger partial charge in [0.25, 0.3) is 0 Å². The fraction of sp³-hybridized carbons (Fsp3) is 0.524. The molecule has 2 aromatic rings. The number of hydrogen-bond acceptors (Lipinski definition) is 6. The van der Waals surface area contributed by atoms with Gasteiger partial charge in [-0.05, 0) is 48.8 Å². The van der Waals surface area contributed by atoms with Gasteiger partial charge in [-0.25, -0.2) is 14.4 Å². The van der Waals surface area contributed by atoms with Gasteiger partial charge in [-0.15, -0.1) is 0 Å². The molecule has 7 heteroatoms. The SMILES string of the molecule is CO[C@H]1C[C@@H](CN)N(c2cc(NCC3(Cc4ccc(F)cc4)CC3)ncn2)C1. The molecule has 1 saturated carbocycles. The molecule has 2 fully saturated rings. The van der Waals surface area contributed by atoms with E-state index in [-0.39, 0.29) is 23.4 Å². The molecule has 1 aliphatic carbocycles. The molecule has 0 unspecified atom stereocenters. The van der Waals surface area contributed by atoms with Gasteiger partial charge in [-0.2, -0.15) is 0 Å². The van der Waals surface area contributed by atoms with E-state index < -0.39 is 0 Å². The zero-order chi connectivity index (χ0) is 19.6. The first-order valence-corrected chi connectivity index (χ1v) is 9.91. The highest BCUT2D eigenvalue weighted by Gasteiger charge is 2.42. The number of benzene rings is 1. The molecule has 28 heavy (non-hydrogen) atoms. The number of methoxy groups -OCH3 is 1. The van der Waals surface area contributed by atoms with Crippen LogP contribution in [-0.4, -0.2) is 48.9 Å². The average molecular weight is 385 g/mol. The average Bonchev–Trinajstić information content (AvgIpc) is 3.35. The number of rotatable bonds is 8. The largest absolute Gasteiger partial charge is 0.380 e. The van der Waals surface area contributed by atoms with Gasteiger partial charge < -0.3 is 20.7 Å². The summed E-state index contributed by atoms with van der Waals surface area (Å²) in [4.78, 5) is 11.1. The topological polar surface area (TPSA) is 76.3 Å². The highest BCUT2D eigenvalue weighted by Crippen LogP contribution is 2.48. The number of ether oxygens (including phenoxy) is 1. The van der Waals surface area contributed by atoms with Crippen LogP contribution in [0.3, 0.4) is 0 Å². The molecular weight excluding hydrogens is 357 g/mol. The highest BCUT2D eigenvalue weighted by atomic mass is 19.1. The van der Waals surface area contributed by atoms with E-state index in [0.29, 0.717) is 6.54 Å². The first kappa shape index (κ1) is 19.1. The van der Waals surface area contributed by atoms with Crippen molar-refractivity contribution in [2.45, 2.75) is 37.8 Å². The number of nitrogens with zero attached hydrogens (tertiary/aromatic N) is 3. The van der Waals surface area contributed by atoms with Gasteiger partial charge in [0.2, 0.25) is 0 Å².